The number of azo groups is 1. The van der Waals surface area contributed by atoms with E-state index in [0.717, 1.165) is 10.1 Å². The molecule has 2 aromatic rings. The van der Waals surface area contributed by atoms with E-state index in [4.69, 9.17) is 16.0 Å². The molecule has 0 aliphatic carbocycles. The lowest BCUT2D eigenvalue weighted by atomic mass is 9.99. The van der Waals surface area contributed by atoms with Crippen LogP contribution in [0.4, 0.5) is 0 Å². The zero-order chi connectivity index (χ0) is 29.1. The van der Waals surface area contributed by atoms with Crippen LogP contribution >= 0.6 is 43.2 Å². The standard InChI is InChI=1S/C26H30N6O4S4/c1-25(20-27,12-10-23(33)35-16-18-37-39-21-8-4-6-14-29-21)31-32-26(2,28-3)13-11-24(34)36-17-19-38-40-22-9-5-7-15-30-22/h4-9,14-15H,10-13,16-19H2,1-2H3. The molecule has 10 nitrogen and oxygen atoms in total. The van der Waals surface area contributed by atoms with Crippen molar-refractivity contribution in [1.82, 2.24) is 9.97 Å². The minimum atomic E-state index is -1.33. The fourth-order valence-corrected chi connectivity index (χ4v) is 6.09. The molecule has 0 bridgehead atoms. The number of hydrogen-bond donors (Lipinski definition) is 0. The van der Waals surface area contributed by atoms with Gasteiger partial charge in [0.15, 0.2) is 5.54 Å². The summed E-state index contributed by atoms with van der Waals surface area (Å²) < 4.78 is 10.5. The highest BCUT2D eigenvalue weighted by Gasteiger charge is 2.34. The van der Waals surface area contributed by atoms with Gasteiger partial charge in [0, 0.05) is 37.2 Å². The molecule has 0 saturated heterocycles. The summed E-state index contributed by atoms with van der Waals surface area (Å²) in [5.74, 6) is 0.318. The second-order valence-electron chi connectivity index (χ2n) is 8.50. The lowest BCUT2D eigenvalue weighted by Gasteiger charge is -2.17. The van der Waals surface area contributed by atoms with Gasteiger partial charge in [-0.15, -0.1) is 5.11 Å². The zero-order valence-electron chi connectivity index (χ0n) is 22.2. The number of nitriles is 1. The molecule has 0 spiro atoms. The third-order valence-corrected chi connectivity index (χ3v) is 9.47. The van der Waals surface area contributed by atoms with Crippen molar-refractivity contribution in [3.63, 3.8) is 0 Å². The predicted octanol–water partition coefficient (Wildman–Crippen LogP) is 6.67. The van der Waals surface area contributed by atoms with Gasteiger partial charge in [0.1, 0.15) is 23.3 Å². The van der Waals surface area contributed by atoms with Gasteiger partial charge in [-0.2, -0.15) is 10.4 Å². The van der Waals surface area contributed by atoms with Gasteiger partial charge in [-0.05, 0) is 59.2 Å². The predicted molar refractivity (Wildman–Crippen MR) is 159 cm³/mol. The van der Waals surface area contributed by atoms with Gasteiger partial charge in [0.25, 0.3) is 0 Å². The van der Waals surface area contributed by atoms with Crippen molar-refractivity contribution in [2.75, 3.05) is 24.7 Å². The van der Waals surface area contributed by atoms with Gasteiger partial charge in [-0.3, -0.25) is 14.4 Å². The first-order valence-electron chi connectivity index (χ1n) is 12.2. The van der Waals surface area contributed by atoms with Gasteiger partial charge >= 0.3 is 17.6 Å². The molecule has 2 atom stereocenters. The highest BCUT2D eigenvalue weighted by molar-refractivity contribution is 8.77. The summed E-state index contributed by atoms with van der Waals surface area (Å²) in [6.45, 7) is 11.1. The average molecular weight is 619 g/mol. The molecule has 2 rings (SSSR count). The molecular formula is C26H30N6O4S4. The molecule has 0 radical (unpaired) electrons. The van der Waals surface area contributed by atoms with E-state index in [1.165, 1.54) is 43.2 Å². The van der Waals surface area contributed by atoms with Crippen LogP contribution in [0.3, 0.4) is 0 Å². The molecule has 0 N–H and O–H groups in total. The summed E-state index contributed by atoms with van der Waals surface area (Å²) in [7, 11) is 6.06. The molecule has 0 aliphatic rings. The third kappa shape index (κ3) is 14.0. The summed E-state index contributed by atoms with van der Waals surface area (Å²) in [6, 6.07) is 13.4. The molecular weight excluding hydrogens is 589 g/mol. The van der Waals surface area contributed by atoms with Crippen LogP contribution in [0.15, 0.2) is 69.1 Å². The Morgan fingerprint density at radius 1 is 0.925 bits per heavy atom. The molecule has 2 heterocycles. The van der Waals surface area contributed by atoms with E-state index < -0.39 is 23.1 Å². The first kappa shape index (κ1) is 33.4. The maximum Gasteiger partial charge on any atom is 0.338 e. The SMILES string of the molecule is [C-]#[N+]C(C)(CCC(=O)OCCSSc1ccccn1)N=NC(C)(C#N)CCC(=O)OCCSSc1ccccn1. The van der Waals surface area contributed by atoms with Crippen molar-refractivity contribution in [2.45, 2.75) is 60.8 Å². The van der Waals surface area contributed by atoms with Gasteiger partial charge in [0.05, 0.1) is 18.9 Å². The van der Waals surface area contributed by atoms with E-state index in [1.807, 2.05) is 36.4 Å². The number of esters is 2. The lowest BCUT2D eigenvalue weighted by Crippen LogP contribution is -2.24. The van der Waals surface area contributed by atoms with Crippen LogP contribution in [0, 0.1) is 17.9 Å². The Labute approximate surface area is 250 Å². The molecule has 0 saturated carbocycles. The van der Waals surface area contributed by atoms with Crippen LogP contribution in [-0.4, -0.2) is 57.8 Å². The zero-order valence-corrected chi connectivity index (χ0v) is 25.5. The van der Waals surface area contributed by atoms with Gasteiger partial charge in [0.2, 0.25) is 0 Å². The molecule has 0 aromatic carbocycles. The Kier molecular flexibility index (Phi) is 15.5. The maximum atomic E-state index is 12.1. The summed E-state index contributed by atoms with van der Waals surface area (Å²) in [6.07, 6.45) is 3.59. The second-order valence-corrected chi connectivity index (χ2v) is 13.4. The van der Waals surface area contributed by atoms with Crippen LogP contribution in [0.2, 0.25) is 0 Å². The first-order chi connectivity index (χ1) is 19.3. The fourth-order valence-electron chi connectivity index (χ4n) is 2.68. The molecule has 0 aliphatic heterocycles. The second kappa shape index (κ2) is 18.5. The molecule has 212 valence electrons. The number of pyridine rings is 2. The topological polar surface area (TPSA) is 131 Å². The van der Waals surface area contributed by atoms with E-state index in [2.05, 4.69) is 31.1 Å². The van der Waals surface area contributed by atoms with E-state index in [1.54, 1.807) is 26.2 Å². The summed E-state index contributed by atoms with van der Waals surface area (Å²) in [5, 5.41) is 19.6. The van der Waals surface area contributed by atoms with Crippen molar-refractivity contribution in [3.8, 4) is 6.07 Å². The van der Waals surface area contributed by atoms with Crippen molar-refractivity contribution < 1.29 is 19.1 Å². The number of nitrogens with zero attached hydrogens (tertiary/aromatic N) is 6. The van der Waals surface area contributed by atoms with Crippen molar-refractivity contribution in [2.24, 2.45) is 10.2 Å². The van der Waals surface area contributed by atoms with E-state index >= 15 is 0 Å². The van der Waals surface area contributed by atoms with Crippen molar-refractivity contribution >= 4 is 55.1 Å². The molecule has 2 aromatic heterocycles. The quantitative estimate of drug-likeness (QED) is 0.0583. The van der Waals surface area contributed by atoms with Crippen LogP contribution in [0.1, 0.15) is 39.5 Å². The number of carbonyl (C=O) groups excluding carboxylic acids is 2. The minimum absolute atomic E-state index is 0.0117. The minimum Gasteiger partial charge on any atom is -0.465 e. The fraction of sp³-hybridized carbons (Fsp3) is 0.462. The first-order valence-corrected chi connectivity index (χ1v) is 16.9. The van der Waals surface area contributed by atoms with Crippen LogP contribution in [-0.2, 0) is 19.1 Å². The summed E-state index contributed by atoms with van der Waals surface area (Å²) >= 11 is 0. The van der Waals surface area contributed by atoms with E-state index in [0.29, 0.717) is 11.5 Å². The van der Waals surface area contributed by atoms with Crippen LogP contribution in [0.25, 0.3) is 4.85 Å². The molecule has 2 unspecified atom stereocenters. The Morgan fingerprint density at radius 3 is 1.90 bits per heavy atom. The Hall–Kier alpha value is -2.78. The smallest absolute Gasteiger partial charge is 0.338 e. The summed E-state index contributed by atoms with van der Waals surface area (Å²) in [5.41, 5.74) is -2.64. The normalized spacial score (nSPS) is 13.9. The number of aromatic nitrogens is 2. The summed E-state index contributed by atoms with van der Waals surface area (Å²) in [4.78, 5) is 36.2. The van der Waals surface area contributed by atoms with Crippen LogP contribution in [0.5, 0.6) is 0 Å². The van der Waals surface area contributed by atoms with E-state index in [-0.39, 0.29) is 38.9 Å². The lowest BCUT2D eigenvalue weighted by molar-refractivity contribution is -0.144. The molecule has 0 fully saturated rings. The third-order valence-electron chi connectivity index (χ3n) is 5.01. The molecule has 0 amide bonds. The highest BCUT2D eigenvalue weighted by atomic mass is 33.1. The molecule has 14 heteroatoms. The monoisotopic (exact) mass is 618 g/mol. The largest absolute Gasteiger partial charge is 0.465 e. The number of hydrogen-bond acceptors (Lipinski definition) is 13. The van der Waals surface area contributed by atoms with Crippen molar-refractivity contribution in [3.05, 3.63) is 60.2 Å². The highest BCUT2D eigenvalue weighted by Crippen LogP contribution is 2.30. The molecule has 40 heavy (non-hydrogen) atoms. The number of rotatable bonds is 18. The Morgan fingerprint density at radius 2 is 1.45 bits per heavy atom. The average Bonchev–Trinajstić information content (AvgIpc) is 2.98. The van der Waals surface area contributed by atoms with Crippen LogP contribution < -0.4 is 0 Å². The van der Waals surface area contributed by atoms with E-state index in [9.17, 15) is 14.9 Å². The Bertz CT molecular complexity index is 1090. The van der Waals surface area contributed by atoms with Gasteiger partial charge in [-0.1, -0.05) is 33.7 Å². The number of carbonyl (C=O) groups is 2. The number of ether oxygens (including phenoxy) is 2. The van der Waals surface area contributed by atoms with Crippen molar-refractivity contribution in [1.29, 1.82) is 5.26 Å². The maximum absolute atomic E-state index is 12.1. The van der Waals surface area contributed by atoms with Gasteiger partial charge in [-0.25, -0.2) is 16.5 Å². The Balaban J connectivity index is 1.67. The van der Waals surface area contributed by atoms with Gasteiger partial charge < -0.3 is 9.47 Å².